The van der Waals surface area contributed by atoms with Crippen molar-refractivity contribution in [3.8, 4) is 5.75 Å². The van der Waals surface area contributed by atoms with Gasteiger partial charge >= 0.3 is 0 Å². The van der Waals surface area contributed by atoms with Crippen LogP contribution < -0.4 is 10.5 Å². The zero-order valence-corrected chi connectivity index (χ0v) is 14.0. The summed E-state index contributed by atoms with van der Waals surface area (Å²) in [4.78, 5) is 2.37. The van der Waals surface area contributed by atoms with Crippen molar-refractivity contribution in [2.24, 2.45) is 5.73 Å². The minimum Gasteiger partial charge on any atom is -0.491 e. The zero-order valence-electron chi connectivity index (χ0n) is 14.0. The van der Waals surface area contributed by atoms with Gasteiger partial charge in [-0.05, 0) is 45.0 Å². The summed E-state index contributed by atoms with van der Waals surface area (Å²) in [5.74, 6) is 0.899. The second kappa shape index (κ2) is 9.03. The first-order chi connectivity index (χ1) is 10.0. The summed E-state index contributed by atoms with van der Waals surface area (Å²) < 4.78 is 11.1. The lowest BCUT2D eigenvalue weighted by molar-refractivity contribution is 0.0750. The molecular formula is C17H30N2O2. The maximum atomic E-state index is 6.04. The number of rotatable bonds is 9. The molecule has 0 saturated heterocycles. The van der Waals surface area contributed by atoms with Crippen molar-refractivity contribution in [1.82, 2.24) is 4.90 Å². The molecule has 4 heteroatoms. The highest BCUT2D eigenvalue weighted by atomic mass is 16.5. The van der Waals surface area contributed by atoms with E-state index in [1.807, 2.05) is 26.0 Å². The monoisotopic (exact) mass is 294 g/mol. The molecule has 0 amide bonds. The molecule has 0 spiro atoms. The smallest absolute Gasteiger partial charge is 0.120 e. The quantitative estimate of drug-likeness (QED) is 0.761. The molecule has 1 rings (SSSR count). The Morgan fingerprint density at radius 1 is 1.24 bits per heavy atom. The van der Waals surface area contributed by atoms with Crippen LogP contribution in [0.5, 0.6) is 5.75 Å². The fourth-order valence-electron chi connectivity index (χ4n) is 2.71. The van der Waals surface area contributed by atoms with Crippen molar-refractivity contribution < 1.29 is 9.47 Å². The third-order valence-electron chi connectivity index (χ3n) is 3.58. The third kappa shape index (κ3) is 5.30. The van der Waals surface area contributed by atoms with Gasteiger partial charge in [0.05, 0.1) is 12.7 Å². The molecule has 0 bridgehead atoms. The van der Waals surface area contributed by atoms with Crippen molar-refractivity contribution in [3.63, 3.8) is 0 Å². The van der Waals surface area contributed by atoms with Crippen LogP contribution in [0.4, 0.5) is 0 Å². The maximum absolute atomic E-state index is 6.04. The summed E-state index contributed by atoms with van der Waals surface area (Å²) in [5.41, 5.74) is 7.24. The Kier molecular flexibility index (Phi) is 7.72. The van der Waals surface area contributed by atoms with Gasteiger partial charge in [0, 0.05) is 25.7 Å². The van der Waals surface area contributed by atoms with Crippen molar-refractivity contribution in [3.05, 3.63) is 29.8 Å². The Labute approximate surface area is 129 Å². The van der Waals surface area contributed by atoms with Crippen molar-refractivity contribution in [2.45, 2.75) is 45.9 Å². The first kappa shape index (κ1) is 18.0. The molecule has 0 aromatic heterocycles. The van der Waals surface area contributed by atoms with E-state index in [4.69, 9.17) is 15.2 Å². The molecule has 0 aliphatic heterocycles. The van der Waals surface area contributed by atoms with Gasteiger partial charge < -0.3 is 15.2 Å². The van der Waals surface area contributed by atoms with Crippen LogP contribution in [0.3, 0.4) is 0 Å². The molecule has 0 saturated carbocycles. The summed E-state index contributed by atoms with van der Waals surface area (Å²) in [5, 5.41) is 0. The van der Waals surface area contributed by atoms with E-state index in [0.29, 0.717) is 19.2 Å². The van der Waals surface area contributed by atoms with Gasteiger partial charge in [0.15, 0.2) is 0 Å². The minimum absolute atomic E-state index is 0.172. The topological polar surface area (TPSA) is 47.7 Å². The second-order valence-electron chi connectivity index (χ2n) is 5.63. The Balaban J connectivity index is 2.96. The molecule has 2 N–H and O–H groups in total. The van der Waals surface area contributed by atoms with E-state index >= 15 is 0 Å². The predicted octanol–water partition coefficient (Wildman–Crippen LogP) is 2.83. The van der Waals surface area contributed by atoms with Crippen LogP contribution in [0, 0.1) is 0 Å². The van der Waals surface area contributed by atoms with Crippen molar-refractivity contribution in [1.29, 1.82) is 0 Å². The van der Waals surface area contributed by atoms with Crippen LogP contribution in [-0.2, 0) is 4.74 Å². The standard InChI is InChI=1S/C17H30N2O2/c1-6-19(14(4)12-20-5)17(11-18)15-8-7-9-16(10-15)21-13(2)3/h7-10,13-14,17H,6,11-12,18H2,1-5H3. The van der Waals surface area contributed by atoms with E-state index in [0.717, 1.165) is 12.3 Å². The molecule has 1 aromatic carbocycles. The molecule has 0 aliphatic rings. The molecule has 1 aromatic rings. The van der Waals surface area contributed by atoms with Gasteiger partial charge in [-0.15, -0.1) is 0 Å². The van der Waals surface area contributed by atoms with E-state index in [1.54, 1.807) is 7.11 Å². The largest absolute Gasteiger partial charge is 0.491 e. The van der Waals surface area contributed by atoms with Crippen LogP contribution in [0.1, 0.15) is 39.3 Å². The Hall–Kier alpha value is -1.10. The van der Waals surface area contributed by atoms with Crippen LogP contribution in [0.15, 0.2) is 24.3 Å². The van der Waals surface area contributed by atoms with Crippen molar-refractivity contribution >= 4 is 0 Å². The first-order valence-electron chi connectivity index (χ1n) is 7.74. The van der Waals surface area contributed by atoms with E-state index in [9.17, 15) is 0 Å². The van der Waals surface area contributed by atoms with Gasteiger partial charge in [-0.25, -0.2) is 0 Å². The normalized spacial score (nSPS) is 14.5. The van der Waals surface area contributed by atoms with Gasteiger partial charge in [-0.3, -0.25) is 4.90 Å². The van der Waals surface area contributed by atoms with Crippen LogP contribution in [0.25, 0.3) is 0 Å². The molecular weight excluding hydrogens is 264 g/mol. The van der Waals surface area contributed by atoms with Gasteiger partial charge in [-0.1, -0.05) is 19.1 Å². The zero-order chi connectivity index (χ0) is 15.8. The highest BCUT2D eigenvalue weighted by molar-refractivity contribution is 5.31. The fraction of sp³-hybridized carbons (Fsp3) is 0.647. The lowest BCUT2D eigenvalue weighted by Crippen LogP contribution is -2.42. The molecule has 2 atom stereocenters. The molecule has 4 nitrogen and oxygen atoms in total. The van der Waals surface area contributed by atoms with Crippen LogP contribution >= 0.6 is 0 Å². The Bertz CT molecular complexity index is 410. The number of hydrogen-bond acceptors (Lipinski definition) is 4. The summed E-state index contributed by atoms with van der Waals surface area (Å²) in [6, 6.07) is 8.74. The Morgan fingerprint density at radius 3 is 2.48 bits per heavy atom. The summed E-state index contributed by atoms with van der Waals surface area (Å²) in [6.45, 7) is 10.6. The van der Waals surface area contributed by atoms with Crippen LogP contribution in [-0.4, -0.2) is 43.9 Å². The molecule has 0 radical (unpaired) electrons. The second-order valence-corrected chi connectivity index (χ2v) is 5.63. The molecule has 21 heavy (non-hydrogen) atoms. The predicted molar refractivity (Wildman–Crippen MR) is 87.7 cm³/mol. The van der Waals surface area contributed by atoms with E-state index in [1.165, 1.54) is 5.56 Å². The number of benzene rings is 1. The number of nitrogens with zero attached hydrogens (tertiary/aromatic N) is 1. The number of nitrogens with two attached hydrogens (primary N) is 1. The number of likely N-dealkylation sites (N-methyl/N-ethyl adjacent to an activating group) is 1. The summed E-state index contributed by atoms with van der Waals surface area (Å²) >= 11 is 0. The van der Waals surface area contributed by atoms with E-state index < -0.39 is 0 Å². The third-order valence-corrected chi connectivity index (χ3v) is 3.58. The van der Waals surface area contributed by atoms with Crippen LogP contribution in [0.2, 0.25) is 0 Å². The molecule has 120 valence electrons. The average Bonchev–Trinajstić information content (AvgIpc) is 2.44. The Morgan fingerprint density at radius 2 is 1.95 bits per heavy atom. The summed E-state index contributed by atoms with van der Waals surface area (Å²) in [7, 11) is 1.74. The average molecular weight is 294 g/mol. The lowest BCUT2D eigenvalue weighted by Gasteiger charge is -2.35. The first-order valence-corrected chi connectivity index (χ1v) is 7.74. The molecule has 0 aliphatic carbocycles. The molecule has 0 heterocycles. The van der Waals surface area contributed by atoms with Gasteiger partial charge in [0.1, 0.15) is 5.75 Å². The maximum Gasteiger partial charge on any atom is 0.120 e. The van der Waals surface area contributed by atoms with Gasteiger partial charge in [0.25, 0.3) is 0 Å². The van der Waals surface area contributed by atoms with E-state index in [2.05, 4.69) is 30.9 Å². The molecule has 2 unspecified atom stereocenters. The lowest BCUT2D eigenvalue weighted by atomic mass is 10.0. The SMILES string of the molecule is CCN(C(C)COC)C(CN)c1cccc(OC(C)C)c1. The number of hydrogen-bond donors (Lipinski definition) is 1. The minimum atomic E-state index is 0.172. The number of methoxy groups -OCH3 is 1. The van der Waals surface area contributed by atoms with Crippen molar-refractivity contribution in [2.75, 3.05) is 26.8 Å². The summed E-state index contributed by atoms with van der Waals surface area (Å²) in [6.07, 6.45) is 0.172. The van der Waals surface area contributed by atoms with Gasteiger partial charge in [-0.2, -0.15) is 0 Å². The highest BCUT2D eigenvalue weighted by Gasteiger charge is 2.23. The highest BCUT2D eigenvalue weighted by Crippen LogP contribution is 2.25. The fourth-order valence-corrected chi connectivity index (χ4v) is 2.71. The van der Waals surface area contributed by atoms with Gasteiger partial charge in [0.2, 0.25) is 0 Å². The number of ether oxygens (including phenoxy) is 2. The molecule has 0 fully saturated rings. The van der Waals surface area contributed by atoms with E-state index in [-0.39, 0.29) is 12.1 Å².